The summed E-state index contributed by atoms with van der Waals surface area (Å²) >= 11 is 0. The van der Waals surface area contributed by atoms with E-state index in [9.17, 15) is 43.9 Å². The third-order valence-electron chi connectivity index (χ3n) is 2.67. The van der Waals surface area contributed by atoms with Crippen LogP contribution in [0.1, 0.15) is 26.2 Å². The molecule has 0 bridgehead atoms. The van der Waals surface area contributed by atoms with Crippen molar-refractivity contribution in [1.29, 1.82) is 0 Å². The molecule has 0 rings (SSSR count). The van der Waals surface area contributed by atoms with E-state index in [-0.39, 0.29) is 6.92 Å². The molecule has 0 radical (unpaired) electrons. The standard InChI is InChI=1S/C10H12F10O/c1-5(21)8(15,16)10(19,20)9(17,18)6(11)3-2-4-7(12,13)14/h5-6,21H,2-4H2,1H3. The number of alkyl halides is 10. The molecule has 2 atom stereocenters. The van der Waals surface area contributed by atoms with Crippen molar-refractivity contribution in [1.82, 2.24) is 0 Å². The summed E-state index contributed by atoms with van der Waals surface area (Å²) < 4.78 is 126. The highest BCUT2D eigenvalue weighted by Gasteiger charge is 2.75. The number of hydrogen-bond donors (Lipinski definition) is 1. The molecule has 0 saturated carbocycles. The molecule has 0 aliphatic carbocycles. The number of halogens is 10. The van der Waals surface area contributed by atoms with E-state index in [0.717, 1.165) is 0 Å². The number of aliphatic hydroxyl groups is 1. The minimum atomic E-state index is -6.26. The van der Waals surface area contributed by atoms with Crippen molar-refractivity contribution in [3.63, 3.8) is 0 Å². The van der Waals surface area contributed by atoms with Gasteiger partial charge in [-0.1, -0.05) is 0 Å². The van der Waals surface area contributed by atoms with Crippen molar-refractivity contribution >= 4 is 0 Å². The number of aliphatic hydroxyl groups excluding tert-OH is 1. The van der Waals surface area contributed by atoms with Crippen LogP contribution in [0.15, 0.2) is 0 Å². The zero-order chi connectivity index (χ0) is 17.3. The second kappa shape index (κ2) is 6.17. The molecule has 0 aromatic heterocycles. The van der Waals surface area contributed by atoms with Crippen LogP contribution in [0.25, 0.3) is 0 Å². The quantitative estimate of drug-likeness (QED) is 0.685. The van der Waals surface area contributed by atoms with Crippen molar-refractivity contribution < 1.29 is 49.0 Å². The first-order valence-electron chi connectivity index (χ1n) is 5.59. The molecule has 2 unspecified atom stereocenters. The lowest BCUT2D eigenvalue weighted by Crippen LogP contribution is -2.61. The summed E-state index contributed by atoms with van der Waals surface area (Å²) in [4.78, 5) is 0. The lowest BCUT2D eigenvalue weighted by molar-refractivity contribution is -0.343. The smallest absolute Gasteiger partial charge is 0.387 e. The molecular weight excluding hydrogens is 326 g/mol. The van der Waals surface area contributed by atoms with Gasteiger partial charge in [0.15, 0.2) is 6.17 Å². The van der Waals surface area contributed by atoms with Gasteiger partial charge in [0.2, 0.25) is 0 Å². The van der Waals surface area contributed by atoms with Gasteiger partial charge in [-0.25, -0.2) is 4.39 Å². The number of hydrogen-bond acceptors (Lipinski definition) is 1. The second-order valence-corrected chi connectivity index (χ2v) is 4.47. The fourth-order valence-corrected chi connectivity index (χ4v) is 1.34. The van der Waals surface area contributed by atoms with E-state index >= 15 is 0 Å². The minimum Gasteiger partial charge on any atom is -0.387 e. The Bertz CT molecular complexity index is 335. The van der Waals surface area contributed by atoms with Crippen molar-refractivity contribution in [3.05, 3.63) is 0 Å². The Morgan fingerprint density at radius 2 is 1.29 bits per heavy atom. The molecule has 21 heavy (non-hydrogen) atoms. The first-order chi connectivity index (χ1) is 9.07. The predicted octanol–water partition coefficient (Wildman–Crippen LogP) is 4.34. The van der Waals surface area contributed by atoms with Crippen LogP contribution in [0.5, 0.6) is 0 Å². The van der Waals surface area contributed by atoms with Crippen LogP contribution >= 0.6 is 0 Å². The van der Waals surface area contributed by atoms with Gasteiger partial charge in [0.05, 0.1) is 0 Å². The van der Waals surface area contributed by atoms with Crippen LogP contribution in [-0.2, 0) is 0 Å². The fraction of sp³-hybridized carbons (Fsp3) is 1.00. The predicted molar refractivity (Wildman–Crippen MR) is 51.3 cm³/mol. The van der Waals surface area contributed by atoms with Crippen LogP contribution < -0.4 is 0 Å². The van der Waals surface area contributed by atoms with Gasteiger partial charge in [0.25, 0.3) is 0 Å². The minimum absolute atomic E-state index is 0.0981. The van der Waals surface area contributed by atoms with E-state index in [1.54, 1.807) is 0 Å². The Balaban J connectivity index is 5.01. The maximum absolute atomic E-state index is 13.1. The van der Waals surface area contributed by atoms with Gasteiger partial charge in [-0.3, -0.25) is 0 Å². The third kappa shape index (κ3) is 4.36. The normalized spacial score (nSPS) is 17.7. The van der Waals surface area contributed by atoms with Crippen LogP contribution in [0.2, 0.25) is 0 Å². The van der Waals surface area contributed by atoms with Crippen molar-refractivity contribution in [2.45, 2.75) is 62.4 Å². The summed E-state index contributed by atoms with van der Waals surface area (Å²) in [5, 5.41) is 8.41. The van der Waals surface area contributed by atoms with Gasteiger partial charge in [0, 0.05) is 6.42 Å². The summed E-state index contributed by atoms with van der Waals surface area (Å²) in [7, 11) is 0. The monoisotopic (exact) mass is 338 g/mol. The fourth-order valence-electron chi connectivity index (χ4n) is 1.34. The Labute approximate surface area is 112 Å². The van der Waals surface area contributed by atoms with Crippen LogP contribution in [0, 0.1) is 0 Å². The van der Waals surface area contributed by atoms with E-state index in [4.69, 9.17) is 5.11 Å². The Kier molecular flexibility index (Phi) is 5.95. The SMILES string of the molecule is CC(O)C(F)(F)C(F)(F)C(F)(F)C(F)CCCC(F)(F)F. The average Bonchev–Trinajstić information content (AvgIpc) is 2.26. The van der Waals surface area contributed by atoms with Crippen LogP contribution in [-0.4, -0.2) is 41.3 Å². The molecule has 1 N–H and O–H groups in total. The maximum Gasteiger partial charge on any atom is 0.389 e. The van der Waals surface area contributed by atoms with Crippen LogP contribution in [0.4, 0.5) is 43.9 Å². The van der Waals surface area contributed by atoms with Crippen molar-refractivity contribution in [2.75, 3.05) is 0 Å². The molecule has 0 aromatic carbocycles. The molecule has 0 spiro atoms. The Hall–Kier alpha value is -0.740. The Morgan fingerprint density at radius 3 is 1.62 bits per heavy atom. The first kappa shape index (κ1) is 20.3. The number of rotatable bonds is 7. The van der Waals surface area contributed by atoms with E-state index in [0.29, 0.717) is 0 Å². The van der Waals surface area contributed by atoms with Crippen molar-refractivity contribution in [3.8, 4) is 0 Å². The second-order valence-electron chi connectivity index (χ2n) is 4.47. The lowest BCUT2D eigenvalue weighted by atomic mass is 9.94. The highest BCUT2D eigenvalue weighted by molar-refractivity contribution is 5.02. The molecule has 1 nitrogen and oxygen atoms in total. The largest absolute Gasteiger partial charge is 0.389 e. The molecule has 0 saturated heterocycles. The Morgan fingerprint density at radius 1 is 0.857 bits per heavy atom. The van der Waals surface area contributed by atoms with Gasteiger partial charge >= 0.3 is 23.9 Å². The maximum atomic E-state index is 13.1. The lowest BCUT2D eigenvalue weighted by Gasteiger charge is -2.35. The summed E-state index contributed by atoms with van der Waals surface area (Å²) in [6.45, 7) is 0.0981. The van der Waals surface area contributed by atoms with E-state index in [1.807, 2.05) is 0 Å². The van der Waals surface area contributed by atoms with E-state index < -0.39 is 55.5 Å². The molecule has 0 fully saturated rings. The molecule has 0 aliphatic rings. The third-order valence-corrected chi connectivity index (χ3v) is 2.67. The average molecular weight is 338 g/mol. The molecule has 128 valence electrons. The van der Waals surface area contributed by atoms with Crippen molar-refractivity contribution in [2.24, 2.45) is 0 Å². The van der Waals surface area contributed by atoms with Gasteiger partial charge in [-0.2, -0.15) is 39.5 Å². The first-order valence-corrected chi connectivity index (χ1v) is 5.59. The van der Waals surface area contributed by atoms with Gasteiger partial charge in [-0.15, -0.1) is 0 Å². The van der Waals surface area contributed by atoms with Gasteiger partial charge in [-0.05, 0) is 19.8 Å². The molecule has 0 amide bonds. The summed E-state index contributed by atoms with van der Waals surface area (Å²) in [5.41, 5.74) is 0. The van der Waals surface area contributed by atoms with E-state index in [1.165, 1.54) is 0 Å². The highest BCUT2D eigenvalue weighted by Crippen LogP contribution is 2.50. The molecule has 0 heterocycles. The molecule has 0 aromatic rings. The highest BCUT2D eigenvalue weighted by atomic mass is 19.4. The summed E-state index contributed by atoms with van der Waals surface area (Å²) in [5.74, 6) is -17.8. The molecule has 11 heteroatoms. The van der Waals surface area contributed by atoms with Gasteiger partial charge in [0.1, 0.15) is 6.10 Å². The van der Waals surface area contributed by atoms with Crippen LogP contribution in [0.3, 0.4) is 0 Å². The summed E-state index contributed by atoms with van der Waals surface area (Å²) in [6.07, 6.45) is -16.6. The molecule has 0 aliphatic heterocycles. The zero-order valence-electron chi connectivity index (χ0n) is 10.5. The van der Waals surface area contributed by atoms with E-state index in [2.05, 4.69) is 0 Å². The van der Waals surface area contributed by atoms with Gasteiger partial charge < -0.3 is 5.11 Å². The molecular formula is C10H12F10O. The summed E-state index contributed by atoms with van der Waals surface area (Å²) in [6, 6.07) is 0. The zero-order valence-corrected chi connectivity index (χ0v) is 10.5. The topological polar surface area (TPSA) is 20.2 Å².